The largest absolute Gasteiger partial charge is 0.459 e. The molecule has 0 bridgehead atoms. The molecule has 2 aliphatic heterocycles. The summed E-state index contributed by atoms with van der Waals surface area (Å²) in [7, 11) is 0.620. The second-order valence-electron chi connectivity index (χ2n) is 9.28. The van der Waals surface area contributed by atoms with E-state index in [1.165, 1.54) is 10.5 Å². The Kier molecular flexibility index (Phi) is 6.74. The maximum atomic E-state index is 12.8. The number of amides is 2. The minimum absolute atomic E-state index is 0.107. The van der Waals surface area contributed by atoms with Gasteiger partial charge in [0.1, 0.15) is 18.1 Å². The van der Waals surface area contributed by atoms with Crippen LogP contribution < -0.4 is 0 Å². The number of aliphatic hydroxyl groups excluding tert-OH is 1. The third-order valence-electron chi connectivity index (χ3n) is 7.16. The van der Waals surface area contributed by atoms with Gasteiger partial charge in [-0.3, -0.25) is 14.5 Å². The first kappa shape index (κ1) is 23.0. The van der Waals surface area contributed by atoms with Gasteiger partial charge in [0.2, 0.25) is 11.8 Å². The number of fused-ring (bicyclic) bond motifs is 3. The van der Waals surface area contributed by atoms with Crippen LogP contribution in [0.5, 0.6) is 0 Å². The van der Waals surface area contributed by atoms with E-state index in [2.05, 4.69) is 6.92 Å². The Morgan fingerprint density at radius 1 is 1.25 bits per heavy atom. The van der Waals surface area contributed by atoms with Crippen molar-refractivity contribution in [2.24, 2.45) is 17.8 Å². The lowest BCUT2D eigenvalue weighted by Gasteiger charge is -2.42. The highest BCUT2D eigenvalue weighted by Gasteiger charge is 2.55. The van der Waals surface area contributed by atoms with Gasteiger partial charge in [-0.05, 0) is 68.6 Å². The first-order valence-electron chi connectivity index (χ1n) is 11.6. The van der Waals surface area contributed by atoms with Crippen LogP contribution in [0.4, 0.5) is 0 Å². The quantitative estimate of drug-likeness (QED) is 0.383. The Morgan fingerprint density at radius 2 is 2.03 bits per heavy atom. The summed E-state index contributed by atoms with van der Waals surface area (Å²) in [6.07, 6.45) is 6.04. The zero-order valence-corrected chi connectivity index (χ0v) is 19.0. The summed E-state index contributed by atoms with van der Waals surface area (Å²) < 4.78 is 11.6. The highest BCUT2D eigenvalue weighted by molar-refractivity contribution is 6.43. The SMILES string of the molecule is CCC/C(=C\c1ccc(CO)o1)CC[C@H]1OB(O)C[C@H]2C1=C(C)C[C@H]1C(=O)N(C)C(=O)[C@H]12. The predicted octanol–water partition coefficient (Wildman–Crippen LogP) is 3.18. The van der Waals surface area contributed by atoms with Gasteiger partial charge < -0.3 is 19.2 Å². The van der Waals surface area contributed by atoms with Crippen molar-refractivity contribution in [2.75, 3.05) is 7.05 Å². The molecule has 2 N–H and O–H groups in total. The van der Waals surface area contributed by atoms with E-state index in [1.807, 2.05) is 19.1 Å². The number of rotatable bonds is 7. The van der Waals surface area contributed by atoms with Crippen LogP contribution in [0.25, 0.3) is 6.08 Å². The van der Waals surface area contributed by atoms with Gasteiger partial charge in [0.05, 0.1) is 17.9 Å². The highest BCUT2D eigenvalue weighted by atomic mass is 16.5. The maximum absolute atomic E-state index is 12.8. The molecule has 4 rings (SSSR count). The van der Waals surface area contributed by atoms with Gasteiger partial charge in [-0.15, -0.1) is 0 Å². The first-order valence-corrected chi connectivity index (χ1v) is 11.6. The van der Waals surface area contributed by atoms with Gasteiger partial charge >= 0.3 is 7.12 Å². The summed E-state index contributed by atoms with van der Waals surface area (Å²) in [6.45, 7) is 4.03. The molecule has 0 aromatic carbocycles. The molecule has 0 saturated carbocycles. The van der Waals surface area contributed by atoms with Gasteiger partial charge in [-0.25, -0.2) is 0 Å². The number of imide groups is 1. The molecule has 1 aromatic heterocycles. The van der Waals surface area contributed by atoms with Crippen molar-refractivity contribution < 1.29 is 28.8 Å². The molecule has 3 aliphatic rings. The molecule has 0 spiro atoms. The Labute approximate surface area is 189 Å². The van der Waals surface area contributed by atoms with E-state index < -0.39 is 13.0 Å². The monoisotopic (exact) mass is 441 g/mol. The van der Waals surface area contributed by atoms with Gasteiger partial charge in [0.25, 0.3) is 0 Å². The van der Waals surface area contributed by atoms with Crippen LogP contribution in [0.3, 0.4) is 0 Å². The van der Waals surface area contributed by atoms with Gasteiger partial charge in [-0.2, -0.15) is 0 Å². The van der Waals surface area contributed by atoms with Gasteiger partial charge in [0.15, 0.2) is 0 Å². The molecular formula is C24H32BNO6. The summed E-state index contributed by atoms with van der Waals surface area (Å²) in [5.74, 6) is 0.151. The summed E-state index contributed by atoms with van der Waals surface area (Å²) in [4.78, 5) is 26.7. The van der Waals surface area contributed by atoms with Crippen molar-refractivity contribution in [3.05, 3.63) is 40.4 Å². The number of allylic oxidation sites excluding steroid dienone is 2. The van der Waals surface area contributed by atoms with Crippen molar-refractivity contribution >= 4 is 25.0 Å². The van der Waals surface area contributed by atoms with Crippen LogP contribution in [0.1, 0.15) is 57.5 Å². The van der Waals surface area contributed by atoms with Crippen LogP contribution in [0.15, 0.2) is 33.3 Å². The van der Waals surface area contributed by atoms with Crippen molar-refractivity contribution in [1.29, 1.82) is 0 Å². The molecule has 1 aliphatic carbocycles. The lowest BCUT2D eigenvalue weighted by Crippen LogP contribution is -2.45. The fourth-order valence-electron chi connectivity index (χ4n) is 5.74. The third-order valence-corrected chi connectivity index (χ3v) is 7.16. The number of furan rings is 1. The molecule has 2 saturated heterocycles. The molecular weight excluding hydrogens is 409 g/mol. The van der Waals surface area contributed by atoms with Crippen LogP contribution in [-0.4, -0.2) is 47.1 Å². The van der Waals surface area contributed by atoms with E-state index in [4.69, 9.17) is 9.07 Å². The van der Waals surface area contributed by atoms with E-state index in [0.717, 1.165) is 30.4 Å². The highest BCUT2D eigenvalue weighted by Crippen LogP contribution is 2.50. The molecule has 1 aromatic rings. The predicted molar refractivity (Wildman–Crippen MR) is 120 cm³/mol. The molecule has 7 nitrogen and oxygen atoms in total. The molecule has 8 heteroatoms. The van der Waals surface area contributed by atoms with Crippen molar-refractivity contribution in [2.45, 2.75) is 65.0 Å². The topological polar surface area (TPSA) is 100 Å². The number of carbonyl (C=O) groups excluding carboxylic acids is 2. The van der Waals surface area contributed by atoms with Crippen molar-refractivity contribution in [3.63, 3.8) is 0 Å². The fraction of sp³-hybridized carbons (Fsp3) is 0.583. The molecule has 2 amide bonds. The van der Waals surface area contributed by atoms with Crippen LogP contribution in [0.2, 0.25) is 6.32 Å². The maximum Gasteiger partial charge on any atom is 0.455 e. The zero-order chi connectivity index (χ0) is 23.0. The number of hydrogen-bond donors (Lipinski definition) is 2. The Bertz CT molecular complexity index is 950. The normalized spacial score (nSPS) is 28.5. The smallest absolute Gasteiger partial charge is 0.455 e. The molecule has 2 fully saturated rings. The Morgan fingerprint density at radius 3 is 2.72 bits per heavy atom. The standard InChI is InChI=1S/C24H32BNO6/c1-4-5-15(11-16-7-8-17(13-27)31-16)6-9-20-21-14(2)10-18-22(19(21)12-25(30)32-20)24(29)26(3)23(18)28/h7-8,11,18-20,22,27,30H,4-6,9-10,12-13H2,1-3H3/b15-11+/t18-,19+,20-,22-/m1/s1. The van der Waals surface area contributed by atoms with Crippen LogP contribution in [0, 0.1) is 17.8 Å². The minimum Gasteiger partial charge on any atom is -0.459 e. The van der Waals surface area contributed by atoms with Crippen LogP contribution >= 0.6 is 0 Å². The summed E-state index contributed by atoms with van der Waals surface area (Å²) in [5, 5.41) is 19.7. The average molecular weight is 441 g/mol. The summed E-state index contributed by atoms with van der Waals surface area (Å²) in [6, 6.07) is 3.62. The number of hydrogen-bond acceptors (Lipinski definition) is 6. The van der Waals surface area contributed by atoms with E-state index in [0.29, 0.717) is 30.7 Å². The van der Waals surface area contributed by atoms with Crippen molar-refractivity contribution in [3.8, 4) is 0 Å². The molecule has 0 radical (unpaired) electrons. The molecule has 172 valence electrons. The summed E-state index contributed by atoms with van der Waals surface area (Å²) >= 11 is 0. The van der Waals surface area contributed by atoms with E-state index in [1.54, 1.807) is 13.1 Å². The van der Waals surface area contributed by atoms with E-state index in [9.17, 15) is 19.7 Å². The fourth-order valence-corrected chi connectivity index (χ4v) is 5.74. The Balaban J connectivity index is 1.55. The number of aliphatic hydroxyl groups is 1. The molecule has 3 heterocycles. The van der Waals surface area contributed by atoms with E-state index in [-0.39, 0.29) is 36.4 Å². The van der Waals surface area contributed by atoms with E-state index >= 15 is 0 Å². The summed E-state index contributed by atoms with van der Waals surface area (Å²) in [5.41, 5.74) is 3.43. The first-order chi connectivity index (χ1) is 15.3. The Hall–Kier alpha value is -2.16. The van der Waals surface area contributed by atoms with Gasteiger partial charge in [-0.1, -0.05) is 24.5 Å². The number of nitrogens with zero attached hydrogens (tertiary/aromatic N) is 1. The van der Waals surface area contributed by atoms with Crippen molar-refractivity contribution in [1.82, 2.24) is 4.90 Å². The number of likely N-dealkylation sites (tertiary alicyclic amines) is 1. The van der Waals surface area contributed by atoms with Crippen LogP contribution in [-0.2, 0) is 20.9 Å². The molecule has 4 atom stereocenters. The lowest BCUT2D eigenvalue weighted by atomic mass is 9.59. The second-order valence-corrected chi connectivity index (χ2v) is 9.28. The lowest BCUT2D eigenvalue weighted by molar-refractivity contribution is -0.138. The molecule has 0 unspecified atom stereocenters. The number of carbonyl (C=O) groups is 2. The molecule has 32 heavy (non-hydrogen) atoms. The minimum atomic E-state index is -0.940. The zero-order valence-electron chi connectivity index (χ0n) is 19.0. The third kappa shape index (κ3) is 4.23. The average Bonchev–Trinajstić information content (AvgIpc) is 3.30. The second kappa shape index (κ2) is 9.37. The van der Waals surface area contributed by atoms with Gasteiger partial charge in [0, 0.05) is 7.05 Å².